The Balaban J connectivity index is 1.62. The molecule has 0 aliphatic carbocycles. The molecule has 0 spiro atoms. The molecule has 1 aromatic heterocycles. The van der Waals surface area contributed by atoms with Crippen LogP contribution in [0, 0.1) is 6.92 Å². The quantitative estimate of drug-likeness (QED) is 0.550. The molecule has 0 fully saturated rings. The lowest BCUT2D eigenvalue weighted by molar-refractivity contribution is 0.288. The van der Waals surface area contributed by atoms with Crippen LogP contribution in [-0.2, 0) is 19.4 Å². The van der Waals surface area contributed by atoms with Gasteiger partial charge in [0.2, 0.25) is 0 Å². The molecule has 0 aliphatic heterocycles. The maximum absolute atomic E-state index is 5.97. The highest BCUT2D eigenvalue weighted by Crippen LogP contribution is 2.25. The van der Waals surface area contributed by atoms with Crippen molar-refractivity contribution in [1.82, 2.24) is 14.8 Å². The Morgan fingerprint density at radius 1 is 1.15 bits per heavy atom. The van der Waals surface area contributed by atoms with Crippen LogP contribution in [0.3, 0.4) is 0 Å². The van der Waals surface area contributed by atoms with Crippen LogP contribution in [0.2, 0.25) is 5.02 Å². The van der Waals surface area contributed by atoms with Crippen molar-refractivity contribution in [2.45, 2.75) is 24.4 Å². The molecule has 0 N–H and O–H groups in total. The van der Waals surface area contributed by atoms with E-state index in [-0.39, 0.29) is 0 Å². The first kappa shape index (κ1) is 18.6. The number of hydrogen-bond acceptors (Lipinski definition) is 5. The van der Waals surface area contributed by atoms with Gasteiger partial charge in [0.25, 0.3) is 0 Å². The van der Waals surface area contributed by atoms with E-state index >= 15 is 0 Å². The molecule has 26 heavy (non-hydrogen) atoms. The van der Waals surface area contributed by atoms with Gasteiger partial charge in [0.05, 0.1) is 7.11 Å². The van der Waals surface area contributed by atoms with E-state index in [4.69, 9.17) is 21.1 Å². The molecule has 1 heterocycles. The summed E-state index contributed by atoms with van der Waals surface area (Å²) in [6, 6.07) is 13.6. The number of ether oxygens (including phenoxy) is 2. The molecule has 7 heteroatoms. The van der Waals surface area contributed by atoms with Crippen molar-refractivity contribution in [3.63, 3.8) is 0 Å². The summed E-state index contributed by atoms with van der Waals surface area (Å²) in [6.07, 6.45) is 0. The molecule has 136 valence electrons. The van der Waals surface area contributed by atoms with Gasteiger partial charge in [-0.25, -0.2) is 0 Å². The molecule has 0 saturated heterocycles. The predicted molar refractivity (Wildman–Crippen MR) is 104 cm³/mol. The van der Waals surface area contributed by atoms with Gasteiger partial charge in [0.1, 0.15) is 18.1 Å². The van der Waals surface area contributed by atoms with Crippen LogP contribution in [0.1, 0.15) is 17.0 Å². The van der Waals surface area contributed by atoms with Crippen LogP contribution in [0.25, 0.3) is 0 Å². The molecule has 2 aromatic carbocycles. The highest BCUT2D eigenvalue weighted by molar-refractivity contribution is 7.98. The minimum absolute atomic E-state index is 0.353. The summed E-state index contributed by atoms with van der Waals surface area (Å²) in [5.74, 6) is 3.21. The third-order valence-corrected chi connectivity index (χ3v) is 5.25. The zero-order valence-electron chi connectivity index (χ0n) is 14.9. The molecule has 5 nitrogen and oxygen atoms in total. The summed E-state index contributed by atoms with van der Waals surface area (Å²) in [6.45, 7) is 2.32. The Labute approximate surface area is 162 Å². The van der Waals surface area contributed by atoms with E-state index in [0.717, 1.165) is 33.8 Å². The number of hydrogen-bond donors (Lipinski definition) is 0. The Kier molecular flexibility index (Phi) is 6.06. The molecule has 3 rings (SSSR count). The van der Waals surface area contributed by atoms with Gasteiger partial charge in [0, 0.05) is 17.8 Å². The Bertz CT molecular complexity index is 898. The van der Waals surface area contributed by atoms with Crippen molar-refractivity contribution in [3.8, 4) is 11.5 Å². The van der Waals surface area contributed by atoms with Crippen LogP contribution in [-0.4, -0.2) is 21.9 Å². The lowest BCUT2D eigenvalue weighted by Gasteiger charge is -2.09. The third kappa shape index (κ3) is 4.51. The fourth-order valence-electron chi connectivity index (χ4n) is 2.42. The first-order chi connectivity index (χ1) is 12.6. The average Bonchev–Trinajstić information content (AvgIpc) is 2.99. The molecule has 0 atom stereocenters. The van der Waals surface area contributed by atoms with Crippen molar-refractivity contribution in [2.24, 2.45) is 7.05 Å². The average molecular weight is 390 g/mol. The van der Waals surface area contributed by atoms with Crippen molar-refractivity contribution in [3.05, 3.63) is 64.4 Å². The number of thioether (sulfide) groups is 1. The zero-order chi connectivity index (χ0) is 18.5. The molecule has 0 amide bonds. The second-order valence-electron chi connectivity index (χ2n) is 5.80. The van der Waals surface area contributed by atoms with Gasteiger partial charge in [0.15, 0.2) is 11.0 Å². The van der Waals surface area contributed by atoms with Crippen molar-refractivity contribution >= 4 is 23.4 Å². The standard InChI is InChI=1S/C19H20ClN3O2S/c1-13-9-15(20)7-8-17(13)25-11-18-21-22-19(23(18)2)26-12-14-5-4-6-16(10-14)24-3/h4-10H,11-12H2,1-3H3. The van der Waals surface area contributed by atoms with Crippen LogP contribution in [0.5, 0.6) is 11.5 Å². The van der Waals surface area contributed by atoms with Gasteiger partial charge >= 0.3 is 0 Å². The van der Waals surface area contributed by atoms with Gasteiger partial charge < -0.3 is 14.0 Å². The molecular weight excluding hydrogens is 370 g/mol. The summed E-state index contributed by atoms with van der Waals surface area (Å²) in [7, 11) is 3.62. The second-order valence-corrected chi connectivity index (χ2v) is 7.18. The van der Waals surface area contributed by atoms with Crippen LogP contribution in [0.15, 0.2) is 47.6 Å². The third-order valence-electron chi connectivity index (χ3n) is 3.92. The summed E-state index contributed by atoms with van der Waals surface area (Å²) in [5, 5.41) is 10.1. The maximum atomic E-state index is 5.97. The molecule has 0 unspecified atom stereocenters. The van der Waals surface area contributed by atoms with Crippen LogP contribution in [0.4, 0.5) is 0 Å². The number of aryl methyl sites for hydroxylation is 1. The number of rotatable bonds is 7. The lowest BCUT2D eigenvalue weighted by Crippen LogP contribution is -2.05. The Morgan fingerprint density at radius 3 is 2.77 bits per heavy atom. The van der Waals surface area contributed by atoms with Gasteiger partial charge in [-0.2, -0.15) is 0 Å². The van der Waals surface area contributed by atoms with E-state index in [1.807, 2.05) is 54.9 Å². The molecular formula is C19H20ClN3O2S. The minimum atomic E-state index is 0.353. The highest BCUT2D eigenvalue weighted by Gasteiger charge is 2.11. The fraction of sp³-hybridized carbons (Fsp3) is 0.263. The maximum Gasteiger partial charge on any atom is 0.191 e. The smallest absolute Gasteiger partial charge is 0.191 e. The van der Waals surface area contributed by atoms with Crippen LogP contribution < -0.4 is 9.47 Å². The number of benzene rings is 2. The predicted octanol–water partition coefficient (Wildman–Crippen LogP) is 4.66. The summed E-state index contributed by atoms with van der Waals surface area (Å²) in [5.41, 5.74) is 2.17. The van der Waals surface area contributed by atoms with E-state index in [2.05, 4.69) is 16.3 Å². The Hall–Kier alpha value is -2.18. The molecule has 0 bridgehead atoms. The van der Waals surface area contributed by atoms with E-state index in [0.29, 0.717) is 11.6 Å². The monoisotopic (exact) mass is 389 g/mol. The zero-order valence-corrected chi connectivity index (χ0v) is 16.5. The van der Waals surface area contributed by atoms with Gasteiger partial charge in [-0.15, -0.1) is 10.2 Å². The summed E-state index contributed by atoms with van der Waals surface area (Å²) in [4.78, 5) is 0. The normalized spacial score (nSPS) is 10.8. The van der Waals surface area contributed by atoms with Crippen molar-refractivity contribution in [1.29, 1.82) is 0 Å². The summed E-state index contributed by atoms with van der Waals surface area (Å²) < 4.78 is 13.1. The first-order valence-electron chi connectivity index (χ1n) is 8.10. The first-order valence-corrected chi connectivity index (χ1v) is 9.46. The lowest BCUT2D eigenvalue weighted by atomic mass is 10.2. The number of methoxy groups -OCH3 is 1. The molecule has 0 radical (unpaired) electrons. The minimum Gasteiger partial charge on any atom is -0.497 e. The van der Waals surface area contributed by atoms with Crippen LogP contribution >= 0.6 is 23.4 Å². The SMILES string of the molecule is COc1cccc(CSc2nnc(COc3ccc(Cl)cc3C)n2C)c1. The largest absolute Gasteiger partial charge is 0.497 e. The van der Waals surface area contributed by atoms with Gasteiger partial charge in [-0.05, 0) is 48.4 Å². The number of nitrogens with zero attached hydrogens (tertiary/aromatic N) is 3. The summed E-state index contributed by atoms with van der Waals surface area (Å²) >= 11 is 7.60. The van der Waals surface area contributed by atoms with E-state index in [9.17, 15) is 0 Å². The van der Waals surface area contributed by atoms with E-state index in [1.165, 1.54) is 5.56 Å². The van der Waals surface area contributed by atoms with Crippen molar-refractivity contribution in [2.75, 3.05) is 7.11 Å². The van der Waals surface area contributed by atoms with Crippen molar-refractivity contribution < 1.29 is 9.47 Å². The van der Waals surface area contributed by atoms with E-state index in [1.54, 1.807) is 18.9 Å². The van der Waals surface area contributed by atoms with E-state index < -0.39 is 0 Å². The topological polar surface area (TPSA) is 49.2 Å². The Morgan fingerprint density at radius 2 is 2.00 bits per heavy atom. The molecule has 0 aliphatic rings. The fourth-order valence-corrected chi connectivity index (χ4v) is 3.52. The highest BCUT2D eigenvalue weighted by atomic mass is 35.5. The van der Waals surface area contributed by atoms with Gasteiger partial charge in [-0.1, -0.05) is 35.5 Å². The van der Waals surface area contributed by atoms with Gasteiger partial charge in [-0.3, -0.25) is 0 Å². The molecule has 0 saturated carbocycles. The molecule has 3 aromatic rings. The second kappa shape index (κ2) is 8.47. The number of halogens is 1. The number of aromatic nitrogens is 3.